The summed E-state index contributed by atoms with van der Waals surface area (Å²) in [7, 11) is 1.53. The maximum Gasteiger partial charge on any atom is 0.312 e. The number of carbonyl (C=O) groups excluding carboxylic acids is 1. The van der Waals surface area contributed by atoms with Gasteiger partial charge in [0, 0.05) is 19.8 Å². The summed E-state index contributed by atoms with van der Waals surface area (Å²) in [6, 6.07) is 10.3. The average molecular weight is 707 g/mol. The van der Waals surface area contributed by atoms with Crippen LogP contribution in [0.25, 0.3) is 0 Å². The number of unbranched alkanes of at least 4 members (excludes halogenated alkanes) is 1. The monoisotopic (exact) mass is 706 g/mol. The van der Waals surface area contributed by atoms with E-state index in [0.29, 0.717) is 36.9 Å². The molecular formula is C44H66O7. The van der Waals surface area contributed by atoms with Gasteiger partial charge in [-0.25, -0.2) is 0 Å². The molecule has 1 aromatic rings. The second-order valence-corrected chi connectivity index (χ2v) is 15.5. The minimum Gasteiger partial charge on any atom is -0.469 e. The van der Waals surface area contributed by atoms with Gasteiger partial charge >= 0.3 is 5.97 Å². The maximum absolute atomic E-state index is 13.3. The molecule has 1 aromatic carbocycles. The van der Waals surface area contributed by atoms with Crippen molar-refractivity contribution in [3.63, 3.8) is 0 Å². The lowest BCUT2D eigenvalue weighted by Crippen LogP contribution is -2.37. The molecule has 51 heavy (non-hydrogen) atoms. The van der Waals surface area contributed by atoms with Crippen molar-refractivity contribution in [2.24, 2.45) is 29.6 Å². The summed E-state index contributed by atoms with van der Waals surface area (Å²) in [5, 5.41) is 0. The molecule has 9 unspecified atom stereocenters. The standard InChI is InChI=1S/C44H66O7/c1-5-16-37(50-41-22-10-13-25-48-41)28-34(20-15-17-32(2)3)43-39-29-35(27-36(39)30-40(43)51-42-23-11-14-26-49-42)38(44(45)46-4)21-9-12-24-47-31-33-18-7-6-8-19-33/h5-8,16-19,29,34,36-43H,9-15,20-28,30-31H2,1-4H3. The van der Waals surface area contributed by atoms with Crippen molar-refractivity contribution in [2.75, 3.05) is 26.9 Å². The average Bonchev–Trinajstić information content (AvgIpc) is 3.69. The highest BCUT2D eigenvalue weighted by molar-refractivity contribution is 5.76. The fourth-order valence-corrected chi connectivity index (χ4v) is 8.97. The summed E-state index contributed by atoms with van der Waals surface area (Å²) >= 11 is 0. The summed E-state index contributed by atoms with van der Waals surface area (Å²) in [6.45, 7) is 9.32. The number of esters is 1. The molecule has 2 aliphatic heterocycles. The number of ether oxygens (including phenoxy) is 6. The molecule has 0 radical (unpaired) electrons. The van der Waals surface area contributed by atoms with Crippen molar-refractivity contribution in [3.8, 4) is 0 Å². The lowest BCUT2D eigenvalue weighted by atomic mass is 9.76. The third-order valence-corrected chi connectivity index (χ3v) is 11.4. The summed E-state index contributed by atoms with van der Waals surface area (Å²) in [5.41, 5.74) is 3.80. The van der Waals surface area contributed by atoms with Gasteiger partial charge < -0.3 is 28.4 Å². The van der Waals surface area contributed by atoms with E-state index in [2.05, 4.69) is 57.2 Å². The van der Waals surface area contributed by atoms with Crippen LogP contribution in [0.4, 0.5) is 0 Å². The molecule has 0 spiro atoms. The van der Waals surface area contributed by atoms with Gasteiger partial charge in [-0.2, -0.15) is 0 Å². The van der Waals surface area contributed by atoms with Crippen LogP contribution in [0.15, 0.2) is 65.8 Å². The highest BCUT2D eigenvalue weighted by Gasteiger charge is 2.51. The summed E-state index contributed by atoms with van der Waals surface area (Å²) in [6.07, 6.45) is 23.1. The quantitative estimate of drug-likeness (QED) is 0.0759. The first-order valence-electron chi connectivity index (χ1n) is 20.2. The first-order valence-corrected chi connectivity index (χ1v) is 20.2. The van der Waals surface area contributed by atoms with Crippen molar-refractivity contribution in [2.45, 2.75) is 142 Å². The van der Waals surface area contributed by atoms with E-state index in [9.17, 15) is 4.79 Å². The molecule has 284 valence electrons. The van der Waals surface area contributed by atoms with Crippen LogP contribution in [0.5, 0.6) is 0 Å². The minimum absolute atomic E-state index is 0.0165. The van der Waals surface area contributed by atoms with Crippen molar-refractivity contribution >= 4 is 5.97 Å². The largest absolute Gasteiger partial charge is 0.469 e. The van der Waals surface area contributed by atoms with E-state index in [-0.39, 0.29) is 36.7 Å². The van der Waals surface area contributed by atoms with E-state index >= 15 is 0 Å². The third kappa shape index (κ3) is 12.4. The third-order valence-electron chi connectivity index (χ3n) is 11.4. The van der Waals surface area contributed by atoms with Gasteiger partial charge in [0.2, 0.25) is 0 Å². The summed E-state index contributed by atoms with van der Waals surface area (Å²) < 4.78 is 37.2. The van der Waals surface area contributed by atoms with Gasteiger partial charge in [-0.3, -0.25) is 4.79 Å². The molecule has 7 nitrogen and oxygen atoms in total. The van der Waals surface area contributed by atoms with Crippen LogP contribution in [-0.2, 0) is 39.8 Å². The predicted molar refractivity (Wildman–Crippen MR) is 202 cm³/mol. The second-order valence-electron chi connectivity index (χ2n) is 15.5. The smallest absolute Gasteiger partial charge is 0.312 e. The molecule has 7 heteroatoms. The van der Waals surface area contributed by atoms with Gasteiger partial charge in [0.05, 0.1) is 31.8 Å². The molecule has 2 saturated heterocycles. The lowest BCUT2D eigenvalue weighted by Gasteiger charge is -2.36. The summed E-state index contributed by atoms with van der Waals surface area (Å²) in [5.74, 6) is 1.18. The zero-order valence-electron chi connectivity index (χ0n) is 32.0. The van der Waals surface area contributed by atoms with Crippen molar-refractivity contribution in [1.82, 2.24) is 0 Å². The second kappa shape index (κ2) is 21.4. The number of benzene rings is 1. The molecule has 3 fully saturated rings. The Balaban J connectivity index is 1.32. The normalized spacial score (nSPS) is 28.2. The van der Waals surface area contributed by atoms with E-state index in [1.54, 1.807) is 0 Å². The Hall–Kier alpha value is -2.29. The highest BCUT2D eigenvalue weighted by atomic mass is 16.7. The molecule has 1 saturated carbocycles. The molecule has 0 N–H and O–H groups in total. The zero-order chi connectivity index (χ0) is 35.8. The fraction of sp³-hybridized carbons (Fsp3) is 0.705. The number of hydrogen-bond donors (Lipinski definition) is 0. The van der Waals surface area contributed by atoms with Gasteiger partial charge in [0.15, 0.2) is 12.6 Å². The molecule has 0 amide bonds. The first-order chi connectivity index (χ1) is 24.9. The molecule has 4 aliphatic rings. The summed E-state index contributed by atoms with van der Waals surface area (Å²) in [4.78, 5) is 13.3. The van der Waals surface area contributed by atoms with Gasteiger partial charge in [-0.15, -0.1) is 0 Å². The van der Waals surface area contributed by atoms with E-state index in [0.717, 1.165) is 103 Å². The molecule has 2 aliphatic carbocycles. The minimum atomic E-state index is -0.205. The Kier molecular flexibility index (Phi) is 16.8. The molecular weight excluding hydrogens is 640 g/mol. The van der Waals surface area contributed by atoms with Crippen molar-refractivity contribution in [1.29, 1.82) is 0 Å². The van der Waals surface area contributed by atoms with Crippen molar-refractivity contribution in [3.05, 3.63) is 71.3 Å². The highest BCUT2D eigenvalue weighted by Crippen LogP contribution is 2.54. The lowest BCUT2D eigenvalue weighted by molar-refractivity contribution is -0.202. The Morgan fingerprint density at radius 1 is 0.980 bits per heavy atom. The van der Waals surface area contributed by atoms with Gasteiger partial charge in [0.25, 0.3) is 0 Å². The van der Waals surface area contributed by atoms with E-state index in [1.807, 2.05) is 18.2 Å². The van der Waals surface area contributed by atoms with Crippen LogP contribution < -0.4 is 0 Å². The van der Waals surface area contributed by atoms with Crippen LogP contribution >= 0.6 is 0 Å². The van der Waals surface area contributed by atoms with Crippen LogP contribution in [0.3, 0.4) is 0 Å². The van der Waals surface area contributed by atoms with E-state index in [4.69, 9.17) is 28.4 Å². The SMILES string of the molecule is CC=CC(CC(CCC=C(C)C)C1C(OC2CCCCO2)CC2CC(C(CCCCOCc3ccccc3)C(=O)OC)=CC21)OC1CCCCO1. The Labute approximate surface area is 308 Å². The van der Waals surface area contributed by atoms with Gasteiger partial charge in [0.1, 0.15) is 0 Å². The van der Waals surface area contributed by atoms with Crippen LogP contribution in [0.2, 0.25) is 0 Å². The number of rotatable bonds is 20. The molecule has 0 bridgehead atoms. The number of allylic oxidation sites excluding steroid dienone is 4. The zero-order valence-corrected chi connectivity index (χ0v) is 32.0. The van der Waals surface area contributed by atoms with E-state index in [1.165, 1.54) is 23.8 Å². The molecule has 2 heterocycles. The fourth-order valence-electron chi connectivity index (χ4n) is 8.97. The molecule has 9 atom stereocenters. The van der Waals surface area contributed by atoms with Gasteiger partial charge in [-0.05, 0) is 140 Å². The Morgan fingerprint density at radius 3 is 2.43 bits per heavy atom. The topological polar surface area (TPSA) is 72.5 Å². The van der Waals surface area contributed by atoms with Crippen LogP contribution in [0.1, 0.15) is 116 Å². The predicted octanol–water partition coefficient (Wildman–Crippen LogP) is 9.90. The number of fused-ring (bicyclic) bond motifs is 1. The van der Waals surface area contributed by atoms with E-state index < -0.39 is 0 Å². The van der Waals surface area contributed by atoms with Crippen LogP contribution in [0, 0.1) is 29.6 Å². The molecule has 5 rings (SSSR count). The van der Waals surface area contributed by atoms with Crippen LogP contribution in [-0.4, -0.2) is 57.7 Å². The van der Waals surface area contributed by atoms with Gasteiger partial charge in [-0.1, -0.05) is 65.8 Å². The first kappa shape index (κ1) is 39.9. The number of hydrogen-bond acceptors (Lipinski definition) is 7. The Morgan fingerprint density at radius 2 is 1.75 bits per heavy atom. The maximum atomic E-state index is 13.3. The number of methoxy groups -OCH3 is 1. The number of carbonyl (C=O) groups is 1. The Bertz CT molecular complexity index is 1240. The van der Waals surface area contributed by atoms with Crippen molar-refractivity contribution < 1.29 is 33.2 Å². The molecule has 0 aromatic heterocycles.